The van der Waals surface area contributed by atoms with Crippen molar-refractivity contribution >= 4 is 11.8 Å². The third-order valence-electron chi connectivity index (χ3n) is 5.61. The van der Waals surface area contributed by atoms with E-state index in [0.29, 0.717) is 34.9 Å². The molecule has 1 aromatic carbocycles. The van der Waals surface area contributed by atoms with Crippen molar-refractivity contribution in [2.24, 2.45) is 0 Å². The molecule has 0 saturated carbocycles. The van der Waals surface area contributed by atoms with E-state index in [9.17, 15) is 14.3 Å². The molecule has 10 nitrogen and oxygen atoms in total. The summed E-state index contributed by atoms with van der Waals surface area (Å²) < 4.78 is 19.8. The lowest BCUT2D eigenvalue weighted by Gasteiger charge is -2.16. The van der Waals surface area contributed by atoms with E-state index in [1.54, 1.807) is 35.3 Å². The first-order chi connectivity index (χ1) is 16.0. The Morgan fingerprint density at radius 2 is 2.06 bits per heavy atom. The maximum Gasteiger partial charge on any atom is 0.414 e. The molecule has 0 aliphatic carbocycles. The number of amides is 1. The van der Waals surface area contributed by atoms with Crippen molar-refractivity contribution in [1.82, 2.24) is 30.1 Å². The molecule has 11 heteroatoms. The Bertz CT molecular complexity index is 1100. The highest BCUT2D eigenvalue weighted by Crippen LogP contribution is 2.29. The number of halogens is 1. The van der Waals surface area contributed by atoms with E-state index in [0.717, 1.165) is 19.6 Å². The van der Waals surface area contributed by atoms with Crippen molar-refractivity contribution in [3.05, 3.63) is 42.3 Å². The smallest absolute Gasteiger partial charge is 0.414 e. The molecule has 1 N–H and O–H groups in total. The number of likely N-dealkylation sites (N-methyl/N-ethyl adjacent to an activating group) is 1. The van der Waals surface area contributed by atoms with Gasteiger partial charge in [-0.3, -0.25) is 9.88 Å². The first kappa shape index (κ1) is 22.7. The van der Waals surface area contributed by atoms with Crippen LogP contribution in [0.4, 0.5) is 14.9 Å². The predicted octanol–water partition coefficient (Wildman–Crippen LogP) is 2.20. The largest absolute Gasteiger partial charge is 0.441 e. The molecule has 2 aromatic heterocycles. The molecule has 1 amide bonds. The second-order valence-corrected chi connectivity index (χ2v) is 7.63. The van der Waals surface area contributed by atoms with Crippen molar-refractivity contribution in [2.75, 3.05) is 37.7 Å². The highest BCUT2D eigenvalue weighted by atomic mass is 19.1. The van der Waals surface area contributed by atoms with Gasteiger partial charge in [-0.15, -0.1) is 10.2 Å². The third kappa shape index (κ3) is 4.99. The summed E-state index contributed by atoms with van der Waals surface area (Å²) in [5.41, 5.74) is 1.83. The number of anilines is 1. The van der Waals surface area contributed by atoms with Crippen molar-refractivity contribution in [2.45, 2.75) is 26.5 Å². The standard InChI is InChI=1S/C22H26FN7O3/c1-3-28(4-2)9-10-30-26-21(25-27-30)20-8-5-15(12-24-20)18-7-6-16(11-19(18)23)29-13-17(14-31)33-22(29)32/h5-8,11-12,17,31H,3-4,9-10,13-14H2,1-2H3. The van der Waals surface area contributed by atoms with Crippen LogP contribution in [-0.2, 0) is 11.3 Å². The van der Waals surface area contributed by atoms with E-state index in [2.05, 4.69) is 39.1 Å². The van der Waals surface area contributed by atoms with E-state index in [1.807, 2.05) is 0 Å². The fourth-order valence-electron chi connectivity index (χ4n) is 3.63. The molecule has 1 fully saturated rings. The Morgan fingerprint density at radius 3 is 2.70 bits per heavy atom. The number of aliphatic hydroxyl groups is 1. The highest BCUT2D eigenvalue weighted by molar-refractivity contribution is 5.90. The van der Waals surface area contributed by atoms with Crippen molar-refractivity contribution < 1.29 is 19.0 Å². The number of pyridine rings is 1. The Morgan fingerprint density at radius 1 is 1.24 bits per heavy atom. The lowest BCUT2D eigenvalue weighted by molar-refractivity contribution is 0.0963. The molecule has 3 heterocycles. The summed E-state index contributed by atoms with van der Waals surface area (Å²) in [6.07, 6.45) is 0.335. The number of tetrazole rings is 1. The molecule has 1 aliphatic rings. The van der Waals surface area contributed by atoms with Crippen LogP contribution >= 0.6 is 0 Å². The summed E-state index contributed by atoms with van der Waals surface area (Å²) in [4.78, 5) is 21.4. The van der Waals surface area contributed by atoms with Crippen LogP contribution in [0.15, 0.2) is 36.5 Å². The third-order valence-corrected chi connectivity index (χ3v) is 5.61. The fourth-order valence-corrected chi connectivity index (χ4v) is 3.63. The van der Waals surface area contributed by atoms with Gasteiger partial charge >= 0.3 is 6.09 Å². The lowest BCUT2D eigenvalue weighted by atomic mass is 10.1. The van der Waals surface area contributed by atoms with E-state index in [4.69, 9.17) is 4.74 Å². The van der Waals surface area contributed by atoms with E-state index in [1.165, 1.54) is 11.0 Å². The lowest BCUT2D eigenvalue weighted by Crippen LogP contribution is -2.27. The number of benzene rings is 1. The first-order valence-corrected chi connectivity index (χ1v) is 10.9. The average molecular weight is 455 g/mol. The number of aliphatic hydroxyl groups excluding tert-OH is 1. The minimum atomic E-state index is -0.610. The van der Waals surface area contributed by atoms with Crippen LogP contribution in [0, 0.1) is 5.82 Å². The summed E-state index contributed by atoms with van der Waals surface area (Å²) in [5.74, 6) is -0.0920. The zero-order chi connectivity index (χ0) is 23.4. The molecular formula is C22H26FN7O3. The molecule has 1 saturated heterocycles. The van der Waals surface area contributed by atoms with Gasteiger partial charge in [0.05, 0.1) is 25.4 Å². The number of hydrogen-bond acceptors (Lipinski definition) is 8. The number of carbonyl (C=O) groups is 1. The predicted molar refractivity (Wildman–Crippen MR) is 119 cm³/mol. The molecule has 0 spiro atoms. The van der Waals surface area contributed by atoms with Gasteiger partial charge in [0.2, 0.25) is 5.82 Å². The van der Waals surface area contributed by atoms with Crippen molar-refractivity contribution in [3.63, 3.8) is 0 Å². The normalized spacial score (nSPS) is 16.0. The van der Waals surface area contributed by atoms with E-state index < -0.39 is 18.0 Å². The molecular weight excluding hydrogens is 429 g/mol. The monoisotopic (exact) mass is 455 g/mol. The number of carbonyl (C=O) groups excluding carboxylic acids is 1. The number of rotatable bonds is 9. The summed E-state index contributed by atoms with van der Waals surface area (Å²) >= 11 is 0. The Hall–Kier alpha value is -3.44. The van der Waals surface area contributed by atoms with Crippen LogP contribution < -0.4 is 4.90 Å². The molecule has 33 heavy (non-hydrogen) atoms. The van der Waals surface area contributed by atoms with Crippen LogP contribution in [0.25, 0.3) is 22.6 Å². The SMILES string of the molecule is CCN(CC)CCn1nnc(-c2ccc(-c3ccc(N4CC(CO)OC4=O)cc3F)cn2)n1. The number of cyclic esters (lactones) is 1. The molecule has 1 atom stereocenters. The van der Waals surface area contributed by atoms with Gasteiger partial charge in [0.1, 0.15) is 17.6 Å². The fraction of sp³-hybridized carbons (Fsp3) is 0.409. The van der Waals surface area contributed by atoms with Gasteiger partial charge in [-0.2, -0.15) is 4.80 Å². The van der Waals surface area contributed by atoms with Gasteiger partial charge in [-0.1, -0.05) is 19.9 Å². The Labute approximate surface area is 190 Å². The first-order valence-electron chi connectivity index (χ1n) is 10.9. The average Bonchev–Trinajstić information content (AvgIpc) is 3.46. The highest BCUT2D eigenvalue weighted by Gasteiger charge is 2.32. The van der Waals surface area contributed by atoms with E-state index in [-0.39, 0.29) is 13.2 Å². The van der Waals surface area contributed by atoms with Crippen LogP contribution in [0.3, 0.4) is 0 Å². The van der Waals surface area contributed by atoms with Gasteiger partial charge in [0.15, 0.2) is 0 Å². The van der Waals surface area contributed by atoms with Crippen LogP contribution in [-0.4, -0.2) is 80.2 Å². The number of hydrogen-bond donors (Lipinski definition) is 1. The van der Waals surface area contributed by atoms with Crippen molar-refractivity contribution in [3.8, 4) is 22.6 Å². The van der Waals surface area contributed by atoms with Gasteiger partial charge in [-0.05, 0) is 42.6 Å². The summed E-state index contributed by atoms with van der Waals surface area (Å²) in [6.45, 7) is 7.51. The van der Waals surface area contributed by atoms with Gasteiger partial charge in [0.25, 0.3) is 0 Å². The maximum atomic E-state index is 14.8. The maximum absolute atomic E-state index is 14.8. The summed E-state index contributed by atoms with van der Waals surface area (Å²) in [5, 5.41) is 21.7. The molecule has 1 aliphatic heterocycles. The Balaban J connectivity index is 1.46. The summed E-state index contributed by atoms with van der Waals surface area (Å²) in [7, 11) is 0. The second-order valence-electron chi connectivity index (χ2n) is 7.63. The number of aromatic nitrogens is 5. The van der Waals surface area contributed by atoms with Crippen molar-refractivity contribution in [1.29, 1.82) is 0 Å². The quantitative estimate of drug-likeness (QED) is 0.523. The number of nitrogens with zero attached hydrogens (tertiary/aromatic N) is 7. The minimum Gasteiger partial charge on any atom is -0.441 e. The molecule has 0 radical (unpaired) electrons. The summed E-state index contributed by atoms with van der Waals surface area (Å²) in [6, 6.07) is 7.95. The molecule has 4 rings (SSSR count). The van der Waals surface area contributed by atoms with Gasteiger partial charge in [0, 0.05) is 23.9 Å². The molecule has 3 aromatic rings. The molecule has 1 unspecified atom stereocenters. The van der Waals surface area contributed by atoms with E-state index >= 15 is 0 Å². The molecule has 0 bridgehead atoms. The topological polar surface area (TPSA) is 110 Å². The Kier molecular flexibility index (Phi) is 6.90. The van der Waals surface area contributed by atoms with Crippen LogP contribution in [0.1, 0.15) is 13.8 Å². The molecule has 174 valence electrons. The van der Waals surface area contributed by atoms with Gasteiger partial charge < -0.3 is 14.7 Å². The zero-order valence-corrected chi connectivity index (χ0v) is 18.6. The van der Waals surface area contributed by atoms with Crippen LogP contribution in [0.2, 0.25) is 0 Å². The second kappa shape index (κ2) is 10.0. The minimum absolute atomic E-state index is 0.174. The van der Waals surface area contributed by atoms with Gasteiger partial charge in [-0.25, -0.2) is 9.18 Å². The number of ether oxygens (including phenoxy) is 1. The van der Waals surface area contributed by atoms with Crippen LogP contribution in [0.5, 0.6) is 0 Å². The zero-order valence-electron chi connectivity index (χ0n) is 18.6.